The van der Waals surface area contributed by atoms with Crippen LogP contribution in [0.25, 0.3) is 0 Å². The fraction of sp³-hybridized carbons (Fsp3) is 0.478. The molecule has 1 fully saturated rings. The van der Waals surface area contributed by atoms with E-state index in [1.54, 1.807) is 11.3 Å². The molecule has 1 aromatic carbocycles. The maximum Gasteiger partial charge on any atom is 0.239 e. The zero-order chi connectivity index (χ0) is 20.4. The molecule has 1 atom stereocenters. The largest absolute Gasteiger partial charge is 0.366 e. The number of hydrogen-bond donors (Lipinski definition) is 1. The Bertz CT molecular complexity index is 928. The minimum absolute atomic E-state index is 0.0175. The van der Waals surface area contributed by atoms with Crippen molar-refractivity contribution in [3.05, 3.63) is 45.8 Å². The van der Waals surface area contributed by atoms with Crippen LogP contribution in [0.15, 0.2) is 24.3 Å². The van der Waals surface area contributed by atoms with Crippen LogP contribution in [0.1, 0.15) is 41.3 Å². The zero-order valence-electron chi connectivity index (χ0n) is 17.2. The molecule has 2 heterocycles. The first kappa shape index (κ1) is 19.9. The number of carbonyl (C=O) groups excluding carboxylic acids is 1. The predicted molar refractivity (Wildman–Crippen MR) is 119 cm³/mol. The molecule has 0 bridgehead atoms. The second kappa shape index (κ2) is 8.56. The Labute approximate surface area is 176 Å². The van der Waals surface area contributed by atoms with Crippen molar-refractivity contribution in [2.75, 3.05) is 36.4 Å². The van der Waals surface area contributed by atoms with Crippen molar-refractivity contribution < 1.29 is 4.79 Å². The van der Waals surface area contributed by atoms with Gasteiger partial charge >= 0.3 is 0 Å². The number of hydrogen-bond acceptors (Lipinski definition) is 5. The number of nitrogens with one attached hydrogen (secondary N) is 1. The zero-order valence-corrected chi connectivity index (χ0v) is 18.0. The molecule has 1 aromatic heterocycles. The van der Waals surface area contributed by atoms with Gasteiger partial charge in [0.15, 0.2) is 0 Å². The highest BCUT2D eigenvalue weighted by Gasteiger charge is 2.26. The summed E-state index contributed by atoms with van der Waals surface area (Å²) < 4.78 is 0. The minimum atomic E-state index is -0.0175. The van der Waals surface area contributed by atoms with E-state index in [-0.39, 0.29) is 5.91 Å². The van der Waals surface area contributed by atoms with Crippen LogP contribution in [0, 0.1) is 18.3 Å². The van der Waals surface area contributed by atoms with E-state index in [0.717, 1.165) is 43.9 Å². The second-order valence-corrected chi connectivity index (χ2v) is 9.29. The summed E-state index contributed by atoms with van der Waals surface area (Å²) in [5.41, 5.74) is 4.37. The number of benzene rings is 1. The Morgan fingerprint density at radius 2 is 2.00 bits per heavy atom. The van der Waals surface area contributed by atoms with E-state index in [1.807, 2.05) is 0 Å². The minimum Gasteiger partial charge on any atom is -0.366 e. The number of amides is 1. The number of nitrogens with zero attached hydrogens (tertiary/aromatic N) is 3. The van der Waals surface area contributed by atoms with E-state index in [1.165, 1.54) is 28.1 Å². The number of aryl methyl sites for hydroxylation is 2. The lowest BCUT2D eigenvalue weighted by atomic mass is 9.96. The van der Waals surface area contributed by atoms with Gasteiger partial charge in [-0.25, -0.2) is 0 Å². The number of rotatable bonds is 4. The van der Waals surface area contributed by atoms with Crippen LogP contribution in [0.2, 0.25) is 0 Å². The average molecular weight is 409 g/mol. The monoisotopic (exact) mass is 408 g/mol. The lowest BCUT2D eigenvalue weighted by Gasteiger charge is -2.41. The molecule has 1 aliphatic carbocycles. The van der Waals surface area contributed by atoms with Crippen molar-refractivity contribution >= 4 is 27.9 Å². The normalized spacial score (nSPS) is 19.5. The molecular formula is C23H28N4OS. The summed E-state index contributed by atoms with van der Waals surface area (Å²) in [5.74, 6) is -0.0175. The van der Waals surface area contributed by atoms with Gasteiger partial charge in [0.2, 0.25) is 5.91 Å². The third kappa shape index (κ3) is 4.31. The Morgan fingerprint density at radius 3 is 2.72 bits per heavy atom. The maximum absolute atomic E-state index is 12.7. The quantitative estimate of drug-likeness (QED) is 0.832. The third-order valence-corrected chi connectivity index (χ3v) is 7.19. The van der Waals surface area contributed by atoms with E-state index < -0.39 is 0 Å². The molecule has 1 amide bonds. The van der Waals surface area contributed by atoms with E-state index in [4.69, 9.17) is 0 Å². The Hall–Kier alpha value is -2.36. The van der Waals surface area contributed by atoms with E-state index in [2.05, 4.69) is 59.3 Å². The first-order chi connectivity index (χ1) is 14.0. The van der Waals surface area contributed by atoms with E-state index in [0.29, 0.717) is 18.2 Å². The van der Waals surface area contributed by atoms with Gasteiger partial charge in [-0.05, 0) is 57.2 Å². The van der Waals surface area contributed by atoms with E-state index in [9.17, 15) is 10.1 Å². The molecule has 4 rings (SSSR count). The lowest BCUT2D eigenvalue weighted by molar-refractivity contribution is -0.117. The molecule has 2 aliphatic rings. The van der Waals surface area contributed by atoms with Gasteiger partial charge in [0.1, 0.15) is 11.1 Å². The number of thiophene rings is 1. The van der Waals surface area contributed by atoms with Gasteiger partial charge in [-0.1, -0.05) is 17.7 Å². The summed E-state index contributed by atoms with van der Waals surface area (Å²) in [4.78, 5) is 18.6. The summed E-state index contributed by atoms with van der Waals surface area (Å²) in [6.07, 6.45) is 4.30. The van der Waals surface area contributed by atoms with Crippen molar-refractivity contribution in [3.63, 3.8) is 0 Å². The number of anilines is 2. The van der Waals surface area contributed by atoms with Crippen LogP contribution in [0.4, 0.5) is 10.7 Å². The van der Waals surface area contributed by atoms with Gasteiger partial charge in [-0.3, -0.25) is 9.69 Å². The Morgan fingerprint density at radius 1 is 1.24 bits per heavy atom. The summed E-state index contributed by atoms with van der Waals surface area (Å²) >= 11 is 1.60. The third-order valence-electron chi connectivity index (χ3n) is 5.98. The summed E-state index contributed by atoms with van der Waals surface area (Å²) in [6.45, 7) is 7.31. The van der Waals surface area contributed by atoms with E-state index >= 15 is 0 Å². The number of fused-ring (bicyclic) bond motifs is 1. The highest BCUT2D eigenvalue weighted by Crippen LogP contribution is 2.37. The molecule has 1 unspecified atom stereocenters. The Balaban J connectivity index is 1.36. The highest BCUT2D eigenvalue weighted by molar-refractivity contribution is 7.16. The highest BCUT2D eigenvalue weighted by atomic mass is 32.1. The standard InChI is InChI=1S/C23H28N4OS/c1-16-7-9-18(10-8-16)27-12-11-26(14-17(27)2)15-22(28)25-23-20(13-24)19-5-3-4-6-21(19)29-23/h7-10,17H,3-6,11-12,14-15H2,1-2H3,(H,25,28). The molecule has 2 aromatic rings. The Kier molecular flexibility index (Phi) is 5.89. The predicted octanol–water partition coefficient (Wildman–Crippen LogP) is 3.96. The molecule has 6 heteroatoms. The fourth-order valence-corrected chi connectivity index (χ4v) is 5.69. The average Bonchev–Trinajstić information content (AvgIpc) is 3.05. The molecule has 1 aliphatic heterocycles. The van der Waals surface area contributed by atoms with Crippen LogP contribution < -0.4 is 10.2 Å². The van der Waals surface area contributed by atoms with Gasteiger partial charge in [0.05, 0.1) is 12.1 Å². The molecule has 0 saturated carbocycles. The number of carbonyl (C=O) groups is 1. The first-order valence-corrected chi connectivity index (χ1v) is 11.3. The van der Waals surface area contributed by atoms with Crippen LogP contribution in [0.3, 0.4) is 0 Å². The van der Waals surface area contributed by atoms with Crippen molar-refractivity contribution in [2.24, 2.45) is 0 Å². The lowest BCUT2D eigenvalue weighted by Crippen LogP contribution is -2.53. The van der Waals surface area contributed by atoms with Crippen LogP contribution in [-0.4, -0.2) is 43.0 Å². The van der Waals surface area contributed by atoms with Crippen molar-refractivity contribution in [1.29, 1.82) is 5.26 Å². The topological polar surface area (TPSA) is 59.4 Å². The summed E-state index contributed by atoms with van der Waals surface area (Å²) in [6, 6.07) is 11.3. The van der Waals surface area contributed by atoms with Crippen LogP contribution in [-0.2, 0) is 17.6 Å². The van der Waals surface area contributed by atoms with Gasteiger partial charge in [-0.15, -0.1) is 11.3 Å². The molecule has 0 spiro atoms. The maximum atomic E-state index is 12.7. The summed E-state index contributed by atoms with van der Waals surface area (Å²) in [7, 11) is 0. The van der Waals surface area contributed by atoms with Crippen molar-refractivity contribution in [1.82, 2.24) is 4.90 Å². The van der Waals surface area contributed by atoms with Gasteiger partial charge < -0.3 is 10.2 Å². The van der Waals surface area contributed by atoms with Gasteiger partial charge in [-0.2, -0.15) is 5.26 Å². The van der Waals surface area contributed by atoms with Gasteiger partial charge in [0, 0.05) is 36.2 Å². The molecule has 5 nitrogen and oxygen atoms in total. The first-order valence-electron chi connectivity index (χ1n) is 10.5. The van der Waals surface area contributed by atoms with Crippen LogP contribution in [0.5, 0.6) is 0 Å². The molecule has 1 N–H and O–H groups in total. The molecular weight excluding hydrogens is 380 g/mol. The smallest absolute Gasteiger partial charge is 0.239 e. The van der Waals surface area contributed by atoms with Crippen molar-refractivity contribution in [2.45, 2.75) is 45.6 Å². The summed E-state index contributed by atoms with van der Waals surface area (Å²) in [5, 5.41) is 13.4. The molecule has 0 radical (unpaired) electrons. The van der Waals surface area contributed by atoms with Crippen molar-refractivity contribution in [3.8, 4) is 6.07 Å². The SMILES string of the molecule is Cc1ccc(N2CCN(CC(=O)Nc3sc4c(c3C#N)CCCC4)CC2C)cc1. The van der Waals surface area contributed by atoms with Gasteiger partial charge in [0.25, 0.3) is 0 Å². The molecule has 29 heavy (non-hydrogen) atoms. The number of piperazine rings is 1. The molecule has 152 valence electrons. The number of nitriles is 1. The fourth-order valence-electron chi connectivity index (χ4n) is 4.44. The second-order valence-electron chi connectivity index (χ2n) is 8.19. The van der Waals surface area contributed by atoms with Crippen LogP contribution >= 0.6 is 11.3 Å². The molecule has 1 saturated heterocycles.